The van der Waals surface area contributed by atoms with Crippen molar-refractivity contribution >= 4 is 7.60 Å². The molecule has 0 bridgehead atoms. The Kier molecular flexibility index (Phi) is 4.47. The van der Waals surface area contributed by atoms with Crippen molar-refractivity contribution in [2.45, 2.75) is 19.7 Å². The quantitative estimate of drug-likeness (QED) is 0.811. The summed E-state index contributed by atoms with van der Waals surface area (Å²) in [4.78, 5) is 0. The van der Waals surface area contributed by atoms with E-state index in [1.807, 2.05) is 0 Å². The van der Waals surface area contributed by atoms with Crippen LogP contribution in [0.5, 0.6) is 11.5 Å². The van der Waals surface area contributed by atoms with E-state index in [1.165, 1.54) is 0 Å². The number of aliphatic hydroxyl groups excluding tert-OH is 1. The minimum absolute atomic E-state index is 0.142. The van der Waals surface area contributed by atoms with Crippen LogP contribution in [0.4, 0.5) is 0 Å². The third-order valence-corrected chi connectivity index (χ3v) is 4.75. The summed E-state index contributed by atoms with van der Waals surface area (Å²) in [5.74, 6) is -0.239. The minimum atomic E-state index is -3.60. The molecule has 106 valence electrons. The second-order valence-corrected chi connectivity index (χ2v) is 5.95. The predicted octanol–water partition coefficient (Wildman–Crippen LogP) is 2.67. The summed E-state index contributed by atoms with van der Waals surface area (Å²) in [6.45, 7) is 3.91. The number of ether oxygens (including phenoxy) is 2. The van der Waals surface area contributed by atoms with Crippen LogP contribution in [0.1, 0.15) is 25.3 Å². The zero-order chi connectivity index (χ0) is 13.9. The Morgan fingerprint density at radius 2 is 1.89 bits per heavy atom. The Morgan fingerprint density at radius 3 is 2.53 bits per heavy atom. The largest absolute Gasteiger partial charge is 0.454 e. The number of hydrogen-bond acceptors (Lipinski definition) is 6. The maximum absolute atomic E-state index is 12.4. The molecule has 1 aliphatic heterocycles. The van der Waals surface area contributed by atoms with Gasteiger partial charge in [0, 0.05) is 0 Å². The fourth-order valence-corrected chi connectivity index (χ4v) is 3.40. The van der Waals surface area contributed by atoms with Crippen LogP contribution in [0.25, 0.3) is 0 Å². The second kappa shape index (κ2) is 5.92. The molecule has 1 heterocycles. The molecule has 19 heavy (non-hydrogen) atoms. The summed E-state index contributed by atoms with van der Waals surface area (Å²) in [7, 11) is -3.60. The number of benzene rings is 1. The molecule has 1 aromatic carbocycles. The topological polar surface area (TPSA) is 74.2 Å². The molecule has 1 aliphatic rings. The van der Waals surface area contributed by atoms with Gasteiger partial charge >= 0.3 is 7.60 Å². The van der Waals surface area contributed by atoms with E-state index < -0.39 is 13.4 Å². The molecule has 1 aromatic rings. The van der Waals surface area contributed by atoms with Gasteiger partial charge < -0.3 is 23.6 Å². The third-order valence-electron chi connectivity index (χ3n) is 2.61. The van der Waals surface area contributed by atoms with Crippen LogP contribution in [0.15, 0.2) is 18.2 Å². The van der Waals surface area contributed by atoms with Crippen LogP contribution in [0.3, 0.4) is 0 Å². The van der Waals surface area contributed by atoms with E-state index in [2.05, 4.69) is 0 Å². The molecule has 0 saturated carbocycles. The van der Waals surface area contributed by atoms with Gasteiger partial charge in [0.15, 0.2) is 17.3 Å². The van der Waals surface area contributed by atoms with Gasteiger partial charge in [-0.2, -0.15) is 0 Å². The second-order valence-electron chi connectivity index (χ2n) is 3.86. The van der Waals surface area contributed by atoms with Crippen LogP contribution < -0.4 is 9.47 Å². The fourth-order valence-electron chi connectivity index (χ4n) is 1.79. The Bertz CT molecular complexity index is 479. The molecule has 1 atom stereocenters. The average Bonchev–Trinajstić information content (AvgIpc) is 2.85. The van der Waals surface area contributed by atoms with Crippen molar-refractivity contribution < 1.29 is 28.2 Å². The maximum atomic E-state index is 12.4. The highest BCUT2D eigenvalue weighted by atomic mass is 31.2. The molecular formula is C12H17O6P. The number of rotatable bonds is 6. The normalized spacial score (nSPS) is 15.5. The van der Waals surface area contributed by atoms with Gasteiger partial charge in [0.05, 0.1) is 13.2 Å². The lowest BCUT2D eigenvalue weighted by molar-refractivity contribution is 0.150. The van der Waals surface area contributed by atoms with E-state index in [-0.39, 0.29) is 20.0 Å². The molecule has 0 spiro atoms. The first-order chi connectivity index (χ1) is 9.10. The number of fused-ring (bicyclic) bond motifs is 1. The number of hydrogen-bond donors (Lipinski definition) is 1. The van der Waals surface area contributed by atoms with Crippen LogP contribution in [0.2, 0.25) is 0 Å². The van der Waals surface area contributed by atoms with Gasteiger partial charge in [-0.05, 0) is 31.5 Å². The lowest BCUT2D eigenvalue weighted by Gasteiger charge is -2.22. The predicted molar refractivity (Wildman–Crippen MR) is 68.4 cm³/mol. The monoisotopic (exact) mass is 288 g/mol. The van der Waals surface area contributed by atoms with E-state index in [9.17, 15) is 9.67 Å². The lowest BCUT2D eigenvalue weighted by Crippen LogP contribution is -2.06. The van der Waals surface area contributed by atoms with E-state index in [0.717, 1.165) is 0 Å². The molecule has 0 unspecified atom stereocenters. The van der Waals surface area contributed by atoms with Crippen molar-refractivity contribution in [3.63, 3.8) is 0 Å². The van der Waals surface area contributed by atoms with Crippen LogP contribution in [-0.2, 0) is 13.6 Å². The molecule has 0 radical (unpaired) electrons. The lowest BCUT2D eigenvalue weighted by atomic mass is 10.2. The zero-order valence-corrected chi connectivity index (χ0v) is 11.8. The Balaban J connectivity index is 2.26. The molecule has 0 amide bonds. The fraction of sp³-hybridized carbons (Fsp3) is 0.500. The maximum Gasteiger partial charge on any atom is 0.363 e. The highest BCUT2D eigenvalue weighted by Crippen LogP contribution is 2.60. The molecule has 2 rings (SSSR count). The first-order valence-electron chi connectivity index (χ1n) is 6.07. The Labute approximate surface area is 111 Å². The third kappa shape index (κ3) is 2.92. The summed E-state index contributed by atoms with van der Waals surface area (Å²) in [5, 5.41) is 10.2. The minimum Gasteiger partial charge on any atom is -0.454 e. The molecule has 7 heteroatoms. The average molecular weight is 288 g/mol. The van der Waals surface area contributed by atoms with E-state index in [0.29, 0.717) is 17.1 Å². The van der Waals surface area contributed by atoms with Crippen molar-refractivity contribution in [3.05, 3.63) is 23.8 Å². The van der Waals surface area contributed by atoms with Crippen LogP contribution >= 0.6 is 7.60 Å². The van der Waals surface area contributed by atoms with Crippen molar-refractivity contribution in [1.29, 1.82) is 0 Å². The first-order valence-corrected chi connectivity index (χ1v) is 7.68. The molecule has 6 nitrogen and oxygen atoms in total. The zero-order valence-electron chi connectivity index (χ0n) is 10.9. The Morgan fingerprint density at radius 1 is 1.26 bits per heavy atom. The van der Waals surface area contributed by atoms with Crippen molar-refractivity contribution in [1.82, 2.24) is 0 Å². The number of aliphatic hydroxyl groups is 1. The van der Waals surface area contributed by atoms with Gasteiger partial charge in [0.1, 0.15) is 0 Å². The summed E-state index contributed by atoms with van der Waals surface area (Å²) in [6.07, 6.45) is 0. The standard InChI is InChI=1S/C12H17O6P/c1-3-17-19(14,18-4-2)12(13)9-5-6-10-11(7-9)16-8-15-10/h5-7,12-13H,3-4,8H2,1-2H3/t12-/m0/s1. The summed E-state index contributed by atoms with van der Waals surface area (Å²) in [5.41, 5.74) is 0.412. The van der Waals surface area contributed by atoms with Gasteiger partial charge in [-0.1, -0.05) is 6.07 Å². The SMILES string of the molecule is CCOP(=O)(OCC)[C@H](O)c1ccc2c(c1)OCO2. The van der Waals surface area contributed by atoms with Crippen molar-refractivity contribution in [2.24, 2.45) is 0 Å². The first kappa shape index (κ1) is 14.3. The van der Waals surface area contributed by atoms with Gasteiger partial charge in [-0.15, -0.1) is 0 Å². The highest BCUT2D eigenvalue weighted by molar-refractivity contribution is 7.54. The van der Waals surface area contributed by atoms with Crippen molar-refractivity contribution in [3.8, 4) is 11.5 Å². The molecule has 0 saturated heterocycles. The molecule has 0 fully saturated rings. The van der Waals surface area contributed by atoms with Gasteiger partial charge in [0.2, 0.25) is 6.79 Å². The van der Waals surface area contributed by atoms with Gasteiger partial charge in [0.25, 0.3) is 0 Å². The van der Waals surface area contributed by atoms with E-state index in [1.54, 1.807) is 32.0 Å². The summed E-state index contributed by atoms with van der Waals surface area (Å²) < 4.78 is 33.1. The van der Waals surface area contributed by atoms with Crippen LogP contribution in [0, 0.1) is 0 Å². The van der Waals surface area contributed by atoms with E-state index in [4.69, 9.17) is 18.5 Å². The van der Waals surface area contributed by atoms with E-state index >= 15 is 0 Å². The smallest absolute Gasteiger partial charge is 0.363 e. The Hall–Kier alpha value is -1.07. The molecule has 1 N–H and O–H groups in total. The molecule has 0 aromatic heterocycles. The van der Waals surface area contributed by atoms with Crippen molar-refractivity contribution in [2.75, 3.05) is 20.0 Å². The van der Waals surface area contributed by atoms with Crippen LogP contribution in [-0.4, -0.2) is 25.1 Å². The van der Waals surface area contributed by atoms with Gasteiger partial charge in [-0.3, -0.25) is 4.57 Å². The summed E-state index contributed by atoms with van der Waals surface area (Å²) >= 11 is 0. The molecular weight excluding hydrogens is 271 g/mol. The molecule has 0 aliphatic carbocycles. The highest BCUT2D eigenvalue weighted by Gasteiger charge is 2.36. The van der Waals surface area contributed by atoms with Gasteiger partial charge in [-0.25, -0.2) is 0 Å². The summed E-state index contributed by atoms with van der Waals surface area (Å²) in [6, 6.07) is 4.85.